The van der Waals surface area contributed by atoms with Crippen molar-refractivity contribution in [3.8, 4) is 11.1 Å². The van der Waals surface area contributed by atoms with Gasteiger partial charge in [-0.1, -0.05) is 24.3 Å². The fourth-order valence-electron chi connectivity index (χ4n) is 1.88. The van der Waals surface area contributed by atoms with Crippen molar-refractivity contribution < 1.29 is 18.3 Å². The lowest BCUT2D eigenvalue weighted by atomic mass is 10.1. The number of hydrogen-bond acceptors (Lipinski definition) is 4. The second-order valence-electron chi connectivity index (χ2n) is 4.69. The van der Waals surface area contributed by atoms with Crippen molar-refractivity contribution in [1.29, 1.82) is 0 Å². The fourth-order valence-corrected chi connectivity index (χ4v) is 2.91. The zero-order valence-corrected chi connectivity index (χ0v) is 12.5. The van der Waals surface area contributed by atoms with E-state index in [1.54, 1.807) is 24.3 Å². The highest BCUT2D eigenvalue weighted by Gasteiger charge is 2.14. The van der Waals surface area contributed by atoms with Gasteiger partial charge in [-0.15, -0.1) is 0 Å². The molecule has 0 saturated carbocycles. The Morgan fingerprint density at radius 3 is 2.00 bits per heavy atom. The molecule has 2 aromatic rings. The summed E-state index contributed by atoms with van der Waals surface area (Å²) in [4.78, 5) is 10.5. The molecule has 116 valence electrons. The Morgan fingerprint density at radius 1 is 1.00 bits per heavy atom. The van der Waals surface area contributed by atoms with Gasteiger partial charge >= 0.3 is 5.97 Å². The van der Waals surface area contributed by atoms with E-state index in [0.29, 0.717) is 5.69 Å². The molecule has 0 radical (unpaired) electrons. The van der Waals surface area contributed by atoms with Crippen molar-refractivity contribution in [2.45, 2.75) is 11.3 Å². The molecule has 0 aliphatic heterocycles. The zero-order chi connectivity index (χ0) is 16.2. The molecular formula is C15H16N2O4S. The maximum Gasteiger partial charge on any atom is 0.304 e. The summed E-state index contributed by atoms with van der Waals surface area (Å²) in [6, 6.07) is 13.6. The Hall–Kier alpha value is -2.38. The SMILES string of the molecule is Nc1ccc(-c2ccc(S(=O)(=O)NCCC(=O)O)cc2)cc1. The molecule has 2 rings (SSSR count). The lowest BCUT2D eigenvalue weighted by molar-refractivity contribution is -0.136. The number of benzene rings is 2. The van der Waals surface area contributed by atoms with Crippen LogP contribution in [0.1, 0.15) is 6.42 Å². The van der Waals surface area contributed by atoms with Gasteiger partial charge in [-0.3, -0.25) is 4.79 Å². The first-order valence-corrected chi connectivity index (χ1v) is 8.04. The van der Waals surface area contributed by atoms with Crippen LogP contribution in [0.5, 0.6) is 0 Å². The van der Waals surface area contributed by atoms with E-state index in [0.717, 1.165) is 11.1 Å². The minimum absolute atomic E-state index is 0.0945. The van der Waals surface area contributed by atoms with Crippen LogP contribution < -0.4 is 10.5 Å². The molecule has 0 heterocycles. The molecule has 0 aromatic heterocycles. The number of sulfonamides is 1. The molecule has 0 bridgehead atoms. The number of nitrogen functional groups attached to an aromatic ring is 1. The van der Waals surface area contributed by atoms with Gasteiger partial charge in [0.25, 0.3) is 0 Å². The molecule has 0 amide bonds. The van der Waals surface area contributed by atoms with E-state index in [1.807, 2.05) is 12.1 Å². The van der Waals surface area contributed by atoms with E-state index in [2.05, 4.69) is 4.72 Å². The molecule has 6 nitrogen and oxygen atoms in total. The van der Waals surface area contributed by atoms with Crippen molar-refractivity contribution >= 4 is 21.7 Å². The maximum atomic E-state index is 12.0. The van der Waals surface area contributed by atoms with E-state index in [-0.39, 0.29) is 17.9 Å². The van der Waals surface area contributed by atoms with Crippen LogP contribution in [0.4, 0.5) is 5.69 Å². The van der Waals surface area contributed by atoms with E-state index < -0.39 is 16.0 Å². The van der Waals surface area contributed by atoms with E-state index in [4.69, 9.17) is 10.8 Å². The molecule has 0 atom stereocenters. The Bertz CT molecular complexity index is 753. The number of carboxylic acids is 1. The predicted molar refractivity (Wildman–Crippen MR) is 83.7 cm³/mol. The molecule has 2 aromatic carbocycles. The third-order valence-corrected chi connectivity index (χ3v) is 4.52. The number of carboxylic acid groups (broad SMARTS) is 1. The molecule has 0 unspecified atom stereocenters. The largest absolute Gasteiger partial charge is 0.481 e. The van der Waals surface area contributed by atoms with Gasteiger partial charge in [0.15, 0.2) is 0 Å². The molecule has 4 N–H and O–H groups in total. The van der Waals surface area contributed by atoms with Gasteiger partial charge in [0.05, 0.1) is 11.3 Å². The van der Waals surface area contributed by atoms with Crippen molar-refractivity contribution in [3.05, 3.63) is 48.5 Å². The predicted octanol–water partition coefficient (Wildman–Crippen LogP) is 1.69. The molecule has 0 aliphatic carbocycles. The van der Waals surface area contributed by atoms with Crippen LogP contribution in [0, 0.1) is 0 Å². The van der Waals surface area contributed by atoms with Gasteiger partial charge in [-0.05, 0) is 35.4 Å². The summed E-state index contributed by atoms with van der Waals surface area (Å²) in [5.74, 6) is -1.05. The third kappa shape index (κ3) is 4.06. The Kier molecular flexibility index (Phi) is 4.79. The normalized spacial score (nSPS) is 11.3. The van der Waals surface area contributed by atoms with Gasteiger partial charge in [-0.2, -0.15) is 0 Å². The quantitative estimate of drug-likeness (QED) is 0.702. The fraction of sp³-hybridized carbons (Fsp3) is 0.133. The standard InChI is InChI=1S/C15H16N2O4S/c16-13-5-1-11(2-6-13)12-3-7-14(8-4-12)22(20,21)17-10-9-15(18)19/h1-8,17H,9-10,16H2,(H,18,19). The summed E-state index contributed by atoms with van der Waals surface area (Å²) in [5.41, 5.74) is 8.08. The summed E-state index contributed by atoms with van der Waals surface area (Å²) in [6.07, 6.45) is -0.261. The highest BCUT2D eigenvalue weighted by molar-refractivity contribution is 7.89. The second-order valence-corrected chi connectivity index (χ2v) is 6.45. The van der Waals surface area contributed by atoms with Gasteiger partial charge in [0.1, 0.15) is 0 Å². The smallest absolute Gasteiger partial charge is 0.304 e. The summed E-state index contributed by atoms with van der Waals surface area (Å²) >= 11 is 0. The molecule has 0 spiro atoms. The summed E-state index contributed by atoms with van der Waals surface area (Å²) in [6.45, 7) is -0.141. The van der Waals surface area contributed by atoms with Gasteiger partial charge < -0.3 is 10.8 Å². The Morgan fingerprint density at radius 2 is 1.50 bits per heavy atom. The van der Waals surface area contributed by atoms with Gasteiger partial charge in [0.2, 0.25) is 10.0 Å². The maximum absolute atomic E-state index is 12.0. The summed E-state index contributed by atoms with van der Waals surface area (Å²) in [5, 5.41) is 8.52. The Balaban J connectivity index is 2.14. The molecule has 22 heavy (non-hydrogen) atoms. The number of nitrogens with one attached hydrogen (secondary N) is 1. The van der Waals surface area contributed by atoms with Crippen molar-refractivity contribution in [1.82, 2.24) is 4.72 Å². The van der Waals surface area contributed by atoms with Crippen LogP contribution in [-0.2, 0) is 14.8 Å². The average molecular weight is 320 g/mol. The first kappa shape index (κ1) is 16.0. The topological polar surface area (TPSA) is 109 Å². The van der Waals surface area contributed by atoms with E-state index in [9.17, 15) is 13.2 Å². The second kappa shape index (κ2) is 6.59. The van der Waals surface area contributed by atoms with Crippen LogP contribution in [0.15, 0.2) is 53.4 Å². The first-order valence-electron chi connectivity index (χ1n) is 6.56. The lowest BCUT2D eigenvalue weighted by Crippen LogP contribution is -2.26. The number of nitrogens with two attached hydrogens (primary N) is 1. The van der Waals surface area contributed by atoms with Gasteiger partial charge in [0, 0.05) is 12.2 Å². The highest BCUT2D eigenvalue weighted by Crippen LogP contribution is 2.22. The van der Waals surface area contributed by atoms with E-state index in [1.165, 1.54) is 12.1 Å². The summed E-state index contributed by atoms with van der Waals surface area (Å²) in [7, 11) is -3.69. The van der Waals surface area contributed by atoms with Crippen LogP contribution >= 0.6 is 0 Å². The number of rotatable bonds is 6. The number of carbonyl (C=O) groups is 1. The average Bonchev–Trinajstić information content (AvgIpc) is 2.47. The minimum Gasteiger partial charge on any atom is -0.481 e. The molecular weight excluding hydrogens is 304 g/mol. The number of aliphatic carboxylic acids is 1. The molecule has 7 heteroatoms. The lowest BCUT2D eigenvalue weighted by Gasteiger charge is -2.07. The number of anilines is 1. The van der Waals surface area contributed by atoms with Crippen molar-refractivity contribution in [3.63, 3.8) is 0 Å². The third-order valence-electron chi connectivity index (χ3n) is 3.04. The first-order chi connectivity index (χ1) is 10.4. The van der Waals surface area contributed by atoms with Crippen LogP contribution in [-0.4, -0.2) is 26.0 Å². The Labute approximate surface area is 128 Å². The van der Waals surface area contributed by atoms with Crippen LogP contribution in [0.25, 0.3) is 11.1 Å². The van der Waals surface area contributed by atoms with Gasteiger partial charge in [-0.25, -0.2) is 13.1 Å². The van der Waals surface area contributed by atoms with Crippen molar-refractivity contribution in [2.75, 3.05) is 12.3 Å². The minimum atomic E-state index is -3.69. The monoisotopic (exact) mass is 320 g/mol. The molecule has 0 fully saturated rings. The van der Waals surface area contributed by atoms with Crippen LogP contribution in [0.2, 0.25) is 0 Å². The molecule has 0 saturated heterocycles. The highest BCUT2D eigenvalue weighted by atomic mass is 32.2. The van der Waals surface area contributed by atoms with E-state index >= 15 is 0 Å². The molecule has 0 aliphatic rings. The zero-order valence-electron chi connectivity index (χ0n) is 11.7. The van der Waals surface area contributed by atoms with Crippen molar-refractivity contribution in [2.24, 2.45) is 0 Å². The summed E-state index contributed by atoms with van der Waals surface area (Å²) < 4.78 is 26.2. The van der Waals surface area contributed by atoms with Crippen LogP contribution in [0.3, 0.4) is 0 Å². The number of hydrogen-bond donors (Lipinski definition) is 3.